The molecule has 1 N–H and O–H groups in total. The molecule has 23 heavy (non-hydrogen) atoms. The number of allylic oxidation sites excluding steroid dienone is 2. The number of amides is 1. The van der Waals surface area contributed by atoms with Crippen molar-refractivity contribution in [3.63, 3.8) is 0 Å². The Morgan fingerprint density at radius 1 is 1.22 bits per heavy atom. The molecule has 0 spiro atoms. The van der Waals surface area contributed by atoms with Crippen molar-refractivity contribution in [1.82, 2.24) is 5.32 Å². The molecule has 1 fully saturated rings. The van der Waals surface area contributed by atoms with Gasteiger partial charge < -0.3 is 14.8 Å². The van der Waals surface area contributed by atoms with Gasteiger partial charge >= 0.3 is 0 Å². The van der Waals surface area contributed by atoms with Gasteiger partial charge in [0.05, 0.1) is 19.6 Å². The summed E-state index contributed by atoms with van der Waals surface area (Å²) in [6.45, 7) is 9.42. The van der Waals surface area contributed by atoms with Gasteiger partial charge in [-0.15, -0.1) is 0 Å². The van der Waals surface area contributed by atoms with Gasteiger partial charge in [0.25, 0.3) is 0 Å². The van der Waals surface area contributed by atoms with Crippen molar-refractivity contribution >= 4 is 5.91 Å². The standard InChI is InChI=1S/C19H27NO3/c1-13(2)12-16-17(19(16,3)4)18(21)20-10-11-23-15-8-6-14(22-5)7-9-15/h6-9,12,16-17H,10-11H2,1-5H3,(H,20,21)/t16-,17+/m0/s1. The number of nitrogens with one attached hydrogen (secondary N) is 1. The smallest absolute Gasteiger partial charge is 0.224 e. The Labute approximate surface area is 138 Å². The number of carbonyl (C=O) groups is 1. The van der Waals surface area contributed by atoms with Gasteiger partial charge in [-0.25, -0.2) is 0 Å². The summed E-state index contributed by atoms with van der Waals surface area (Å²) in [6, 6.07) is 7.42. The lowest BCUT2D eigenvalue weighted by Crippen LogP contribution is -2.30. The minimum Gasteiger partial charge on any atom is -0.497 e. The predicted octanol–water partition coefficient (Wildman–Crippen LogP) is 3.43. The van der Waals surface area contributed by atoms with Crippen LogP contribution in [-0.4, -0.2) is 26.2 Å². The maximum atomic E-state index is 12.3. The van der Waals surface area contributed by atoms with Crippen molar-refractivity contribution in [1.29, 1.82) is 0 Å². The summed E-state index contributed by atoms with van der Waals surface area (Å²) in [5, 5.41) is 2.98. The minimum atomic E-state index is 0.0538. The van der Waals surface area contributed by atoms with Crippen LogP contribution in [0.3, 0.4) is 0 Å². The van der Waals surface area contributed by atoms with Gasteiger partial charge in [-0.3, -0.25) is 4.79 Å². The fourth-order valence-electron chi connectivity index (χ4n) is 2.97. The third-order valence-electron chi connectivity index (χ3n) is 4.44. The monoisotopic (exact) mass is 317 g/mol. The van der Waals surface area contributed by atoms with Crippen molar-refractivity contribution in [2.75, 3.05) is 20.3 Å². The van der Waals surface area contributed by atoms with Crippen LogP contribution in [0, 0.1) is 17.3 Å². The first kappa shape index (κ1) is 17.4. The molecule has 1 amide bonds. The summed E-state index contributed by atoms with van der Waals surface area (Å²) in [4.78, 5) is 12.3. The highest BCUT2D eigenvalue weighted by Gasteiger charge is 2.60. The molecule has 1 aromatic rings. The zero-order valence-corrected chi connectivity index (χ0v) is 14.7. The highest BCUT2D eigenvalue weighted by molar-refractivity contribution is 5.83. The van der Waals surface area contributed by atoms with E-state index in [1.165, 1.54) is 5.57 Å². The van der Waals surface area contributed by atoms with Crippen LogP contribution in [0.2, 0.25) is 0 Å². The summed E-state index contributed by atoms with van der Waals surface area (Å²) < 4.78 is 10.7. The van der Waals surface area contributed by atoms with Gasteiger partial charge in [0, 0.05) is 0 Å². The van der Waals surface area contributed by atoms with Crippen LogP contribution >= 0.6 is 0 Å². The number of methoxy groups -OCH3 is 1. The first-order valence-corrected chi connectivity index (χ1v) is 8.06. The molecule has 1 aromatic carbocycles. The number of ether oxygens (including phenoxy) is 2. The molecule has 0 unspecified atom stereocenters. The van der Waals surface area contributed by atoms with Gasteiger partial charge in [0.15, 0.2) is 0 Å². The topological polar surface area (TPSA) is 47.6 Å². The molecule has 2 rings (SSSR count). The largest absolute Gasteiger partial charge is 0.497 e. The molecular weight excluding hydrogens is 290 g/mol. The van der Waals surface area contributed by atoms with Gasteiger partial charge in [0.2, 0.25) is 5.91 Å². The minimum absolute atomic E-state index is 0.0538. The third-order valence-corrected chi connectivity index (χ3v) is 4.44. The zero-order valence-electron chi connectivity index (χ0n) is 14.7. The van der Waals surface area contributed by atoms with E-state index in [2.05, 4.69) is 39.1 Å². The Bertz CT molecular complexity index is 571. The highest BCUT2D eigenvalue weighted by Crippen LogP contribution is 2.59. The maximum Gasteiger partial charge on any atom is 0.224 e. The second-order valence-corrected chi connectivity index (χ2v) is 6.88. The van der Waals surface area contributed by atoms with Crippen LogP contribution in [0.1, 0.15) is 27.7 Å². The average molecular weight is 317 g/mol. The Kier molecular flexibility index (Phi) is 5.34. The highest BCUT2D eigenvalue weighted by atomic mass is 16.5. The van der Waals surface area contributed by atoms with Crippen molar-refractivity contribution in [3.05, 3.63) is 35.9 Å². The Balaban J connectivity index is 1.74. The molecule has 2 atom stereocenters. The number of benzene rings is 1. The molecule has 0 heterocycles. The number of carbonyl (C=O) groups excluding carboxylic acids is 1. The molecule has 0 bridgehead atoms. The predicted molar refractivity (Wildman–Crippen MR) is 91.7 cm³/mol. The van der Waals surface area contributed by atoms with E-state index in [-0.39, 0.29) is 17.2 Å². The Morgan fingerprint density at radius 2 is 1.83 bits per heavy atom. The van der Waals surface area contributed by atoms with E-state index in [1.54, 1.807) is 7.11 Å². The number of rotatable bonds is 7. The van der Waals surface area contributed by atoms with Crippen LogP contribution in [-0.2, 0) is 4.79 Å². The van der Waals surface area contributed by atoms with Gasteiger partial charge in [-0.1, -0.05) is 25.5 Å². The fourth-order valence-corrected chi connectivity index (χ4v) is 2.97. The molecule has 0 aliphatic heterocycles. The van der Waals surface area contributed by atoms with Crippen LogP contribution in [0.15, 0.2) is 35.9 Å². The van der Waals surface area contributed by atoms with Crippen LogP contribution in [0.25, 0.3) is 0 Å². The van der Waals surface area contributed by atoms with Crippen molar-refractivity contribution < 1.29 is 14.3 Å². The molecule has 0 saturated heterocycles. The van der Waals surface area contributed by atoms with Gasteiger partial charge in [-0.2, -0.15) is 0 Å². The van der Waals surface area contributed by atoms with Crippen molar-refractivity contribution in [3.8, 4) is 11.5 Å². The first-order valence-electron chi connectivity index (χ1n) is 8.06. The van der Waals surface area contributed by atoms with Crippen LogP contribution in [0.4, 0.5) is 0 Å². The van der Waals surface area contributed by atoms with E-state index in [1.807, 2.05) is 24.3 Å². The second-order valence-electron chi connectivity index (χ2n) is 6.88. The molecule has 126 valence electrons. The summed E-state index contributed by atoms with van der Waals surface area (Å²) in [7, 11) is 1.63. The Hall–Kier alpha value is -1.97. The summed E-state index contributed by atoms with van der Waals surface area (Å²) >= 11 is 0. The summed E-state index contributed by atoms with van der Waals surface area (Å²) in [5.41, 5.74) is 1.32. The lowest BCUT2D eigenvalue weighted by molar-refractivity contribution is -0.123. The molecular formula is C19H27NO3. The van der Waals surface area contributed by atoms with E-state index in [9.17, 15) is 4.79 Å². The molecule has 1 saturated carbocycles. The molecule has 1 aliphatic rings. The second kappa shape index (κ2) is 7.07. The van der Waals surface area contributed by atoms with E-state index < -0.39 is 0 Å². The Morgan fingerprint density at radius 3 is 2.39 bits per heavy atom. The third kappa shape index (κ3) is 4.27. The fraction of sp³-hybridized carbons (Fsp3) is 0.526. The lowest BCUT2D eigenvalue weighted by atomic mass is 10.1. The number of hydrogen-bond acceptors (Lipinski definition) is 3. The van der Waals surface area contributed by atoms with Crippen LogP contribution in [0.5, 0.6) is 11.5 Å². The number of hydrogen-bond donors (Lipinski definition) is 1. The molecule has 0 radical (unpaired) electrons. The molecule has 1 aliphatic carbocycles. The summed E-state index contributed by atoms with van der Waals surface area (Å²) in [5.74, 6) is 2.10. The van der Waals surface area contributed by atoms with E-state index in [0.717, 1.165) is 11.5 Å². The summed E-state index contributed by atoms with van der Waals surface area (Å²) in [6.07, 6.45) is 2.21. The molecule has 4 nitrogen and oxygen atoms in total. The van der Waals surface area contributed by atoms with E-state index >= 15 is 0 Å². The van der Waals surface area contributed by atoms with E-state index in [4.69, 9.17) is 9.47 Å². The van der Waals surface area contributed by atoms with Crippen LogP contribution < -0.4 is 14.8 Å². The van der Waals surface area contributed by atoms with Gasteiger partial charge in [-0.05, 0) is 49.4 Å². The van der Waals surface area contributed by atoms with Crippen molar-refractivity contribution in [2.24, 2.45) is 17.3 Å². The maximum absolute atomic E-state index is 12.3. The first-order chi connectivity index (χ1) is 10.9. The quantitative estimate of drug-likeness (QED) is 0.619. The lowest BCUT2D eigenvalue weighted by Gasteiger charge is -2.09. The normalized spacial score (nSPS) is 21.3. The van der Waals surface area contributed by atoms with Gasteiger partial charge in [0.1, 0.15) is 18.1 Å². The molecule has 4 heteroatoms. The average Bonchev–Trinajstić information content (AvgIpc) is 3.04. The van der Waals surface area contributed by atoms with E-state index in [0.29, 0.717) is 19.1 Å². The SMILES string of the molecule is COc1ccc(OCCNC(=O)[C@H]2[C@H](C=C(C)C)C2(C)C)cc1. The van der Waals surface area contributed by atoms with Crippen molar-refractivity contribution in [2.45, 2.75) is 27.7 Å². The molecule has 0 aromatic heterocycles. The zero-order chi connectivity index (χ0) is 17.0.